The second-order valence-corrected chi connectivity index (χ2v) is 9.16. The van der Waals surface area contributed by atoms with Gasteiger partial charge in [-0.05, 0) is 55.7 Å². The number of amides is 1. The van der Waals surface area contributed by atoms with Gasteiger partial charge in [0.1, 0.15) is 17.4 Å². The summed E-state index contributed by atoms with van der Waals surface area (Å²) in [6.45, 7) is 2.75. The van der Waals surface area contributed by atoms with Crippen LogP contribution in [0.2, 0.25) is 10.0 Å². The third kappa shape index (κ3) is 4.23. The fraction of sp³-hybridized carbons (Fsp3) is 0.240. The van der Waals surface area contributed by atoms with E-state index in [0.29, 0.717) is 22.9 Å². The number of ether oxygens (including phenoxy) is 1. The quantitative estimate of drug-likeness (QED) is 0.389. The summed E-state index contributed by atoms with van der Waals surface area (Å²) in [6.07, 6.45) is 3.16. The molecule has 4 heterocycles. The molecule has 1 aliphatic heterocycles. The minimum atomic E-state index is -0.641. The molecule has 1 amide bonds. The van der Waals surface area contributed by atoms with Crippen molar-refractivity contribution in [2.24, 2.45) is 4.99 Å². The second kappa shape index (κ2) is 9.27. The van der Waals surface area contributed by atoms with Gasteiger partial charge in [0, 0.05) is 17.8 Å². The van der Waals surface area contributed by atoms with Gasteiger partial charge in [-0.1, -0.05) is 29.3 Å². The first-order valence-corrected chi connectivity index (χ1v) is 11.7. The Bertz CT molecular complexity index is 1680. The van der Waals surface area contributed by atoms with Gasteiger partial charge in [0.15, 0.2) is 5.49 Å². The molecule has 1 saturated heterocycles. The van der Waals surface area contributed by atoms with Crippen molar-refractivity contribution >= 4 is 45.8 Å². The SMILES string of the molecule is Cc1cccn2c(=O)c3cc(C#N)c(=NC(=O)c4ccc(Cl)cc4Cl)n(C[C@@H]4CCCO4)c3nc12. The number of carbonyl (C=O) groups excluding carboxylic acids is 1. The maximum Gasteiger partial charge on any atom is 0.280 e. The van der Waals surface area contributed by atoms with Crippen LogP contribution in [0.25, 0.3) is 16.7 Å². The predicted octanol–water partition coefficient (Wildman–Crippen LogP) is 4.06. The number of hydrogen-bond acceptors (Lipinski definition) is 5. The Morgan fingerprint density at radius 3 is 2.83 bits per heavy atom. The summed E-state index contributed by atoms with van der Waals surface area (Å²) in [7, 11) is 0. The molecule has 1 aromatic carbocycles. The maximum atomic E-state index is 13.4. The fourth-order valence-electron chi connectivity index (χ4n) is 4.27. The third-order valence-electron chi connectivity index (χ3n) is 6.00. The van der Waals surface area contributed by atoms with Crippen molar-refractivity contribution in [3.63, 3.8) is 0 Å². The molecule has 1 aliphatic rings. The summed E-state index contributed by atoms with van der Waals surface area (Å²) in [5.74, 6) is -0.641. The molecule has 0 N–H and O–H groups in total. The van der Waals surface area contributed by atoms with Crippen LogP contribution in [0.4, 0.5) is 0 Å². The van der Waals surface area contributed by atoms with E-state index in [9.17, 15) is 14.9 Å². The van der Waals surface area contributed by atoms with Crippen LogP contribution in [0, 0.1) is 18.3 Å². The third-order valence-corrected chi connectivity index (χ3v) is 6.55. The fourth-order valence-corrected chi connectivity index (χ4v) is 4.76. The molecule has 0 spiro atoms. The van der Waals surface area contributed by atoms with E-state index in [4.69, 9.17) is 32.9 Å². The molecule has 0 bridgehead atoms. The van der Waals surface area contributed by atoms with E-state index in [2.05, 4.69) is 11.1 Å². The number of halogens is 2. The number of hydrogen-bond donors (Lipinski definition) is 0. The highest BCUT2D eigenvalue weighted by atomic mass is 35.5. The van der Waals surface area contributed by atoms with Crippen molar-refractivity contribution in [1.29, 1.82) is 5.26 Å². The number of fused-ring (bicyclic) bond motifs is 2. The predicted molar refractivity (Wildman–Crippen MR) is 132 cm³/mol. The zero-order valence-electron chi connectivity index (χ0n) is 18.7. The summed E-state index contributed by atoms with van der Waals surface area (Å²) in [5, 5.41) is 10.7. The molecule has 1 fully saturated rings. The average molecular weight is 508 g/mol. The molecule has 0 radical (unpaired) electrons. The van der Waals surface area contributed by atoms with Crippen molar-refractivity contribution in [3.8, 4) is 6.07 Å². The summed E-state index contributed by atoms with van der Waals surface area (Å²) in [4.78, 5) is 35.6. The van der Waals surface area contributed by atoms with Crippen molar-refractivity contribution in [1.82, 2.24) is 14.0 Å². The van der Waals surface area contributed by atoms with Gasteiger partial charge in [0.25, 0.3) is 11.5 Å². The summed E-state index contributed by atoms with van der Waals surface area (Å²) in [6, 6.07) is 11.6. The van der Waals surface area contributed by atoms with Crippen LogP contribution in [0.3, 0.4) is 0 Å². The molecule has 0 unspecified atom stereocenters. The van der Waals surface area contributed by atoms with Crippen LogP contribution >= 0.6 is 23.2 Å². The van der Waals surface area contributed by atoms with Gasteiger partial charge < -0.3 is 9.30 Å². The number of aryl methyl sites for hydroxylation is 1. The van der Waals surface area contributed by atoms with E-state index in [1.165, 1.54) is 22.6 Å². The molecule has 10 heteroatoms. The van der Waals surface area contributed by atoms with Crippen LogP contribution in [0.5, 0.6) is 0 Å². The molecule has 35 heavy (non-hydrogen) atoms. The molecular weight excluding hydrogens is 489 g/mol. The van der Waals surface area contributed by atoms with E-state index in [1.807, 2.05) is 13.0 Å². The van der Waals surface area contributed by atoms with E-state index >= 15 is 0 Å². The van der Waals surface area contributed by atoms with Crippen molar-refractivity contribution in [2.45, 2.75) is 32.4 Å². The number of rotatable bonds is 3. The highest BCUT2D eigenvalue weighted by Crippen LogP contribution is 2.22. The normalized spacial score (nSPS) is 16.2. The largest absolute Gasteiger partial charge is 0.376 e. The van der Waals surface area contributed by atoms with Crippen LogP contribution < -0.4 is 11.0 Å². The van der Waals surface area contributed by atoms with Gasteiger partial charge in [-0.25, -0.2) is 4.98 Å². The topological polar surface area (TPSA) is 102 Å². The van der Waals surface area contributed by atoms with Crippen molar-refractivity contribution < 1.29 is 9.53 Å². The zero-order chi connectivity index (χ0) is 24.7. The number of pyridine rings is 2. The lowest BCUT2D eigenvalue weighted by Gasteiger charge is -2.17. The van der Waals surface area contributed by atoms with E-state index in [-0.39, 0.29) is 45.2 Å². The zero-order valence-corrected chi connectivity index (χ0v) is 20.2. The summed E-state index contributed by atoms with van der Waals surface area (Å²) >= 11 is 12.2. The van der Waals surface area contributed by atoms with E-state index in [1.54, 1.807) is 22.9 Å². The van der Waals surface area contributed by atoms with Gasteiger partial charge >= 0.3 is 0 Å². The average Bonchev–Trinajstić information content (AvgIpc) is 3.34. The molecule has 0 aliphatic carbocycles. The molecule has 176 valence electrons. The number of carbonyl (C=O) groups is 1. The lowest BCUT2D eigenvalue weighted by molar-refractivity contribution is 0.0952. The number of nitrogens with zero attached hydrogens (tertiary/aromatic N) is 5. The number of benzene rings is 1. The van der Waals surface area contributed by atoms with Crippen LogP contribution in [0.15, 0.2) is 52.4 Å². The minimum Gasteiger partial charge on any atom is -0.376 e. The molecule has 3 aromatic heterocycles. The number of aromatic nitrogens is 3. The Morgan fingerprint density at radius 1 is 1.29 bits per heavy atom. The van der Waals surface area contributed by atoms with E-state index < -0.39 is 5.91 Å². The molecular formula is C25H19Cl2N5O3. The molecule has 1 atom stereocenters. The van der Waals surface area contributed by atoms with Crippen LogP contribution in [0.1, 0.15) is 34.3 Å². The Kier molecular flexibility index (Phi) is 6.15. The van der Waals surface area contributed by atoms with Gasteiger partial charge in [-0.15, -0.1) is 0 Å². The molecule has 4 aromatic rings. The van der Waals surface area contributed by atoms with Gasteiger partial charge in [0.05, 0.1) is 34.2 Å². The van der Waals surface area contributed by atoms with Crippen molar-refractivity contribution in [3.05, 3.63) is 85.2 Å². The van der Waals surface area contributed by atoms with Gasteiger partial charge in [-0.2, -0.15) is 10.3 Å². The Hall–Kier alpha value is -3.51. The first kappa shape index (κ1) is 23.2. The Labute approximate surface area is 209 Å². The summed E-state index contributed by atoms with van der Waals surface area (Å²) in [5.41, 5.74) is 1.61. The lowest BCUT2D eigenvalue weighted by atomic mass is 10.2. The first-order chi connectivity index (χ1) is 16.9. The molecule has 5 rings (SSSR count). The monoisotopic (exact) mass is 507 g/mol. The maximum absolute atomic E-state index is 13.4. The van der Waals surface area contributed by atoms with Crippen LogP contribution in [-0.2, 0) is 11.3 Å². The lowest BCUT2D eigenvalue weighted by Crippen LogP contribution is -2.33. The number of nitriles is 1. The highest BCUT2D eigenvalue weighted by molar-refractivity contribution is 6.36. The minimum absolute atomic E-state index is 0.0698. The molecule has 0 saturated carbocycles. The Morgan fingerprint density at radius 2 is 2.11 bits per heavy atom. The van der Waals surface area contributed by atoms with Crippen LogP contribution in [-0.4, -0.2) is 32.6 Å². The smallest absolute Gasteiger partial charge is 0.280 e. The van der Waals surface area contributed by atoms with Crippen molar-refractivity contribution in [2.75, 3.05) is 6.61 Å². The van der Waals surface area contributed by atoms with Gasteiger partial charge in [-0.3, -0.25) is 14.0 Å². The molecule has 8 nitrogen and oxygen atoms in total. The summed E-state index contributed by atoms with van der Waals surface area (Å²) < 4.78 is 8.91. The van der Waals surface area contributed by atoms with E-state index in [0.717, 1.165) is 18.4 Å². The Balaban J connectivity index is 1.85. The first-order valence-electron chi connectivity index (χ1n) is 11.0. The second-order valence-electron chi connectivity index (χ2n) is 8.32. The van der Waals surface area contributed by atoms with Gasteiger partial charge in [0.2, 0.25) is 0 Å². The standard InChI is InChI=1S/C25H19Cl2N5O3/c1-14-4-2-8-31-21(14)29-23-19(25(31)34)10-15(12-28)22(32(23)13-17-5-3-9-35-17)30-24(33)18-7-6-16(26)11-20(18)27/h2,4,6-8,10-11,17H,3,5,9,13H2,1H3/t17-/m0/s1. The highest BCUT2D eigenvalue weighted by Gasteiger charge is 2.22.